The molecule has 3 aromatic rings. The van der Waals surface area contributed by atoms with Crippen molar-refractivity contribution >= 4 is 22.9 Å². The van der Waals surface area contributed by atoms with E-state index in [4.69, 9.17) is 0 Å². The Hall–Kier alpha value is -2.18. The molecule has 2 N–H and O–H groups in total. The lowest BCUT2D eigenvalue weighted by molar-refractivity contribution is 0.0954. The summed E-state index contributed by atoms with van der Waals surface area (Å²) >= 11 is 1.58. The number of hydrogen-bond donors (Lipinski definition) is 2. The van der Waals surface area contributed by atoms with Crippen LogP contribution in [0.25, 0.3) is 5.65 Å². The Morgan fingerprint density at radius 1 is 1.46 bits per heavy atom. The molecule has 1 aliphatic rings. The van der Waals surface area contributed by atoms with Crippen molar-refractivity contribution in [3.8, 4) is 0 Å². The molecule has 1 amide bonds. The number of aryl methyl sites for hydroxylation is 1. The molecule has 3 aromatic heterocycles. The third kappa shape index (κ3) is 3.07. The first-order valence-corrected chi connectivity index (χ1v) is 9.06. The second-order valence-corrected chi connectivity index (χ2v) is 7.35. The van der Waals surface area contributed by atoms with Crippen LogP contribution in [0.3, 0.4) is 0 Å². The Morgan fingerprint density at radius 2 is 2.38 bits per heavy atom. The monoisotopic (exact) mass is 340 g/mol. The number of rotatable bonds is 4. The molecule has 5 nitrogen and oxygen atoms in total. The summed E-state index contributed by atoms with van der Waals surface area (Å²) in [4.78, 5) is 18.9. The maximum Gasteiger partial charge on any atom is 0.261 e. The summed E-state index contributed by atoms with van der Waals surface area (Å²) in [7, 11) is 0. The summed E-state index contributed by atoms with van der Waals surface area (Å²) in [6.45, 7) is 3.55. The first-order chi connectivity index (χ1) is 11.7. The summed E-state index contributed by atoms with van der Waals surface area (Å²) in [6.07, 6.45) is 6.31. The lowest BCUT2D eigenvalue weighted by atomic mass is 10.2. The third-order valence-corrected chi connectivity index (χ3v) is 5.55. The maximum absolute atomic E-state index is 12.4. The zero-order valence-electron chi connectivity index (χ0n) is 13.6. The predicted molar refractivity (Wildman–Crippen MR) is 95.4 cm³/mol. The van der Waals surface area contributed by atoms with Gasteiger partial charge in [0.2, 0.25) is 0 Å². The van der Waals surface area contributed by atoms with Gasteiger partial charge in [0, 0.05) is 23.3 Å². The third-order valence-electron chi connectivity index (χ3n) is 4.35. The van der Waals surface area contributed by atoms with Crippen LogP contribution >= 0.6 is 11.3 Å². The Bertz CT molecular complexity index is 876. The van der Waals surface area contributed by atoms with Crippen molar-refractivity contribution < 1.29 is 4.79 Å². The van der Waals surface area contributed by atoms with Crippen molar-refractivity contribution in [1.82, 2.24) is 20.0 Å². The van der Waals surface area contributed by atoms with Gasteiger partial charge in [0.25, 0.3) is 5.91 Å². The molecule has 0 radical (unpaired) electrons. The zero-order valence-corrected chi connectivity index (χ0v) is 14.4. The van der Waals surface area contributed by atoms with Gasteiger partial charge in [-0.15, -0.1) is 11.3 Å². The highest BCUT2D eigenvalue weighted by Gasteiger charge is 2.19. The fraction of sp³-hybridized carbons (Fsp3) is 0.333. The number of fused-ring (bicyclic) bond motifs is 1. The van der Waals surface area contributed by atoms with Crippen molar-refractivity contribution in [3.05, 3.63) is 57.7 Å². The van der Waals surface area contributed by atoms with Crippen LogP contribution in [-0.4, -0.2) is 21.8 Å². The number of thiophene rings is 1. The van der Waals surface area contributed by atoms with Gasteiger partial charge in [-0.2, -0.15) is 0 Å². The van der Waals surface area contributed by atoms with E-state index in [1.807, 2.05) is 41.9 Å². The Morgan fingerprint density at radius 3 is 3.21 bits per heavy atom. The van der Waals surface area contributed by atoms with Crippen LogP contribution in [0.15, 0.2) is 36.7 Å². The van der Waals surface area contributed by atoms with E-state index < -0.39 is 0 Å². The molecule has 0 spiro atoms. The highest BCUT2D eigenvalue weighted by molar-refractivity contribution is 7.14. The minimum Gasteiger partial charge on any atom is -0.346 e. The SMILES string of the molecule is Cc1ccn2cc(CNC(=O)c3ccc(C4CCCN4)s3)nc2c1. The molecule has 6 heteroatoms. The average Bonchev–Trinajstić information content (AvgIpc) is 3.30. The normalized spacial score (nSPS) is 17.5. The summed E-state index contributed by atoms with van der Waals surface area (Å²) < 4.78 is 1.98. The molecule has 0 saturated carbocycles. The molecule has 124 valence electrons. The first-order valence-electron chi connectivity index (χ1n) is 8.24. The maximum atomic E-state index is 12.4. The van der Waals surface area contributed by atoms with Gasteiger partial charge in [0.1, 0.15) is 5.65 Å². The number of imidazole rings is 1. The number of hydrogen-bond acceptors (Lipinski definition) is 4. The van der Waals surface area contributed by atoms with Crippen LogP contribution in [0.5, 0.6) is 0 Å². The highest BCUT2D eigenvalue weighted by Crippen LogP contribution is 2.29. The Balaban J connectivity index is 1.42. The van der Waals surface area contributed by atoms with Gasteiger partial charge in [0.05, 0.1) is 17.1 Å². The molecule has 0 bridgehead atoms. The number of carbonyl (C=O) groups is 1. The van der Waals surface area contributed by atoms with Gasteiger partial charge in [-0.25, -0.2) is 4.98 Å². The van der Waals surface area contributed by atoms with E-state index in [1.165, 1.54) is 16.9 Å². The fourth-order valence-corrected chi connectivity index (χ4v) is 4.10. The number of aromatic nitrogens is 2. The van der Waals surface area contributed by atoms with Gasteiger partial charge < -0.3 is 15.0 Å². The van der Waals surface area contributed by atoms with Crippen LogP contribution in [-0.2, 0) is 6.54 Å². The lowest BCUT2D eigenvalue weighted by Gasteiger charge is -2.06. The van der Waals surface area contributed by atoms with Gasteiger partial charge >= 0.3 is 0 Å². The topological polar surface area (TPSA) is 58.4 Å². The van der Waals surface area contributed by atoms with E-state index >= 15 is 0 Å². The second-order valence-electron chi connectivity index (χ2n) is 6.24. The van der Waals surface area contributed by atoms with Crippen molar-refractivity contribution in [2.75, 3.05) is 6.54 Å². The molecule has 0 aromatic carbocycles. The van der Waals surface area contributed by atoms with E-state index in [9.17, 15) is 4.79 Å². The largest absolute Gasteiger partial charge is 0.346 e. The summed E-state index contributed by atoms with van der Waals surface area (Å²) in [6, 6.07) is 8.48. The zero-order chi connectivity index (χ0) is 16.5. The molecule has 24 heavy (non-hydrogen) atoms. The molecule has 0 aliphatic carbocycles. The van der Waals surface area contributed by atoms with Crippen molar-refractivity contribution in [3.63, 3.8) is 0 Å². The molecular formula is C18H20N4OS. The molecule has 1 saturated heterocycles. The standard InChI is InChI=1S/C18H20N4OS/c1-12-6-8-22-11-13(21-17(22)9-12)10-20-18(23)16-5-4-15(24-16)14-3-2-7-19-14/h4-6,8-9,11,14,19H,2-3,7,10H2,1H3,(H,20,23). The van der Waals surface area contributed by atoms with Crippen molar-refractivity contribution in [2.24, 2.45) is 0 Å². The molecule has 1 atom stereocenters. The predicted octanol–water partition coefficient (Wildman–Crippen LogP) is 3.06. The molecule has 1 fully saturated rings. The Labute approximate surface area is 144 Å². The van der Waals surface area contributed by atoms with Crippen LogP contribution in [0, 0.1) is 6.92 Å². The van der Waals surface area contributed by atoms with E-state index in [-0.39, 0.29) is 5.91 Å². The molecule has 4 rings (SSSR count). The number of amides is 1. The summed E-state index contributed by atoms with van der Waals surface area (Å²) in [5.41, 5.74) is 2.95. The van der Waals surface area contributed by atoms with Crippen LogP contribution in [0.1, 0.15) is 44.7 Å². The van der Waals surface area contributed by atoms with Gasteiger partial charge in [0.15, 0.2) is 0 Å². The van der Waals surface area contributed by atoms with Crippen LogP contribution < -0.4 is 10.6 Å². The van der Waals surface area contributed by atoms with E-state index in [1.54, 1.807) is 11.3 Å². The quantitative estimate of drug-likeness (QED) is 0.767. The van der Waals surface area contributed by atoms with Gasteiger partial charge in [-0.1, -0.05) is 0 Å². The van der Waals surface area contributed by atoms with E-state index in [0.29, 0.717) is 12.6 Å². The smallest absolute Gasteiger partial charge is 0.261 e. The first kappa shape index (κ1) is 15.4. The summed E-state index contributed by atoms with van der Waals surface area (Å²) in [5.74, 6) is -0.0301. The van der Waals surface area contributed by atoms with Crippen LogP contribution in [0.2, 0.25) is 0 Å². The molecule has 1 aliphatic heterocycles. The lowest BCUT2D eigenvalue weighted by Crippen LogP contribution is -2.21. The number of carbonyl (C=O) groups excluding carboxylic acids is 1. The van der Waals surface area contributed by atoms with Crippen molar-refractivity contribution in [1.29, 1.82) is 0 Å². The minimum absolute atomic E-state index is 0.0301. The molecule has 4 heterocycles. The van der Waals surface area contributed by atoms with Crippen LogP contribution in [0.4, 0.5) is 0 Å². The number of nitrogens with one attached hydrogen (secondary N) is 2. The second kappa shape index (κ2) is 6.37. The van der Waals surface area contributed by atoms with E-state index in [0.717, 1.165) is 29.2 Å². The average molecular weight is 340 g/mol. The van der Waals surface area contributed by atoms with Gasteiger partial charge in [-0.3, -0.25) is 4.79 Å². The van der Waals surface area contributed by atoms with Crippen molar-refractivity contribution in [2.45, 2.75) is 32.4 Å². The molecular weight excluding hydrogens is 320 g/mol. The molecule has 1 unspecified atom stereocenters. The van der Waals surface area contributed by atoms with Gasteiger partial charge in [-0.05, 0) is 56.1 Å². The van der Waals surface area contributed by atoms with E-state index in [2.05, 4.69) is 21.7 Å². The number of pyridine rings is 1. The minimum atomic E-state index is -0.0301. The number of nitrogens with zero attached hydrogens (tertiary/aromatic N) is 2. The Kier molecular flexibility index (Phi) is 4.08. The summed E-state index contributed by atoms with van der Waals surface area (Å²) in [5, 5.41) is 6.44. The highest BCUT2D eigenvalue weighted by atomic mass is 32.1. The fourth-order valence-electron chi connectivity index (χ4n) is 3.07.